The first-order chi connectivity index (χ1) is 11.6. The largest absolute Gasteiger partial charge is 0.492 e. The van der Waals surface area contributed by atoms with E-state index in [1.807, 2.05) is 24.3 Å². The number of aryl methyl sites for hydroxylation is 1. The van der Waals surface area contributed by atoms with Gasteiger partial charge in [0.2, 0.25) is 0 Å². The second kappa shape index (κ2) is 11.2. The van der Waals surface area contributed by atoms with Gasteiger partial charge < -0.3 is 19.7 Å². The molecule has 1 N–H and O–H groups in total. The Labute approximate surface area is 167 Å². The molecule has 140 valence electrons. The van der Waals surface area contributed by atoms with Gasteiger partial charge in [0.1, 0.15) is 12.4 Å². The van der Waals surface area contributed by atoms with Crippen molar-refractivity contribution in [3.05, 3.63) is 29.8 Å². The monoisotopic (exact) mass is 461 g/mol. The topological polar surface area (TPSA) is 63.2 Å². The molecule has 1 fully saturated rings. The molecule has 1 aliphatic heterocycles. The minimum atomic E-state index is -0.107. The molecule has 2 rings (SSSR count). The molecule has 0 saturated carbocycles. The average Bonchev–Trinajstić information content (AvgIpc) is 2.63. The van der Waals surface area contributed by atoms with E-state index in [2.05, 4.69) is 22.1 Å². The molecule has 0 atom stereocenters. The standard InChI is InChI=1S/C18H27N3O3.HI/c1-14-4-6-16(7-5-14)24-13-10-20-18(19-2)21-11-8-15(9-12-21)17(22)23-3;/h4-7,15H,8-13H2,1-3H3,(H,19,20);1H. The number of halogens is 1. The van der Waals surface area contributed by atoms with Crippen LogP contribution in [0.1, 0.15) is 18.4 Å². The highest BCUT2D eigenvalue weighted by Crippen LogP contribution is 2.18. The van der Waals surface area contributed by atoms with Gasteiger partial charge in [-0.3, -0.25) is 9.79 Å². The van der Waals surface area contributed by atoms with Crippen molar-refractivity contribution in [1.82, 2.24) is 10.2 Å². The molecule has 6 nitrogen and oxygen atoms in total. The number of rotatable bonds is 5. The van der Waals surface area contributed by atoms with Crippen LogP contribution in [0.3, 0.4) is 0 Å². The number of piperidine rings is 1. The molecule has 0 aromatic heterocycles. The second-order valence-electron chi connectivity index (χ2n) is 5.92. The van der Waals surface area contributed by atoms with E-state index in [-0.39, 0.29) is 35.9 Å². The molecule has 1 aromatic rings. The average molecular weight is 461 g/mol. The van der Waals surface area contributed by atoms with Gasteiger partial charge in [-0.15, -0.1) is 24.0 Å². The Hall–Kier alpha value is -1.51. The third-order valence-corrected chi connectivity index (χ3v) is 4.22. The number of likely N-dealkylation sites (tertiary alicyclic amines) is 1. The lowest BCUT2D eigenvalue weighted by atomic mass is 9.97. The first-order valence-corrected chi connectivity index (χ1v) is 8.37. The maximum atomic E-state index is 11.6. The number of nitrogens with zero attached hydrogens (tertiary/aromatic N) is 2. The van der Waals surface area contributed by atoms with Crippen LogP contribution in [0.2, 0.25) is 0 Å². The predicted octanol–water partition coefficient (Wildman–Crippen LogP) is 2.45. The van der Waals surface area contributed by atoms with Gasteiger partial charge in [-0.2, -0.15) is 0 Å². The summed E-state index contributed by atoms with van der Waals surface area (Å²) in [5.41, 5.74) is 1.22. The van der Waals surface area contributed by atoms with E-state index < -0.39 is 0 Å². The molecule has 0 radical (unpaired) electrons. The first-order valence-electron chi connectivity index (χ1n) is 8.37. The summed E-state index contributed by atoms with van der Waals surface area (Å²) in [5, 5.41) is 3.31. The zero-order valence-electron chi connectivity index (χ0n) is 15.2. The molecule has 1 aliphatic rings. The third kappa shape index (κ3) is 6.72. The number of methoxy groups -OCH3 is 1. The molecular weight excluding hydrogens is 433 g/mol. The number of carbonyl (C=O) groups is 1. The van der Waals surface area contributed by atoms with E-state index in [1.54, 1.807) is 7.05 Å². The van der Waals surface area contributed by atoms with Crippen LogP contribution < -0.4 is 10.1 Å². The predicted molar refractivity (Wildman–Crippen MR) is 110 cm³/mol. The highest BCUT2D eigenvalue weighted by molar-refractivity contribution is 14.0. The van der Waals surface area contributed by atoms with Crippen LogP contribution in [0.4, 0.5) is 0 Å². The second-order valence-corrected chi connectivity index (χ2v) is 5.92. The summed E-state index contributed by atoms with van der Waals surface area (Å²) in [5.74, 6) is 1.63. The number of aliphatic imine (C=N–C) groups is 1. The smallest absolute Gasteiger partial charge is 0.308 e. The molecule has 0 bridgehead atoms. The summed E-state index contributed by atoms with van der Waals surface area (Å²) < 4.78 is 10.5. The minimum absolute atomic E-state index is 0. The molecule has 0 amide bonds. The van der Waals surface area contributed by atoms with Crippen LogP contribution >= 0.6 is 24.0 Å². The first kappa shape index (κ1) is 21.5. The number of carbonyl (C=O) groups excluding carboxylic acids is 1. The maximum Gasteiger partial charge on any atom is 0.308 e. The van der Waals surface area contributed by atoms with Crippen molar-refractivity contribution in [3.63, 3.8) is 0 Å². The van der Waals surface area contributed by atoms with Gasteiger partial charge in [0, 0.05) is 20.1 Å². The van der Waals surface area contributed by atoms with Crippen molar-refractivity contribution in [2.45, 2.75) is 19.8 Å². The number of esters is 1. The zero-order valence-corrected chi connectivity index (χ0v) is 17.5. The molecule has 0 aliphatic carbocycles. The van der Waals surface area contributed by atoms with Crippen molar-refractivity contribution in [2.24, 2.45) is 10.9 Å². The van der Waals surface area contributed by atoms with Crippen molar-refractivity contribution >= 4 is 35.9 Å². The van der Waals surface area contributed by atoms with Crippen molar-refractivity contribution < 1.29 is 14.3 Å². The number of nitrogens with one attached hydrogen (secondary N) is 1. The van der Waals surface area contributed by atoms with Crippen LogP contribution in [-0.4, -0.2) is 57.2 Å². The van der Waals surface area contributed by atoms with Gasteiger partial charge >= 0.3 is 5.97 Å². The Bertz CT molecular complexity index is 555. The SMILES string of the molecule is CN=C(NCCOc1ccc(C)cc1)N1CCC(C(=O)OC)CC1.I. The zero-order chi connectivity index (χ0) is 17.4. The van der Waals surface area contributed by atoms with Crippen LogP contribution in [0.15, 0.2) is 29.3 Å². The molecule has 1 aromatic carbocycles. The molecule has 0 unspecified atom stereocenters. The lowest BCUT2D eigenvalue weighted by Gasteiger charge is -2.33. The van der Waals surface area contributed by atoms with Gasteiger partial charge in [-0.1, -0.05) is 17.7 Å². The van der Waals surface area contributed by atoms with Crippen molar-refractivity contribution in [2.75, 3.05) is 40.4 Å². The molecule has 1 heterocycles. The van der Waals surface area contributed by atoms with Crippen LogP contribution in [0.5, 0.6) is 5.75 Å². The molecular formula is C18H28IN3O3. The Morgan fingerprint density at radius 1 is 1.28 bits per heavy atom. The van der Waals surface area contributed by atoms with Gasteiger partial charge in [0.25, 0.3) is 0 Å². The van der Waals surface area contributed by atoms with Crippen molar-refractivity contribution in [3.8, 4) is 5.75 Å². The fourth-order valence-corrected chi connectivity index (χ4v) is 2.79. The lowest BCUT2D eigenvalue weighted by molar-refractivity contribution is -0.146. The Balaban J connectivity index is 0.00000312. The minimum Gasteiger partial charge on any atom is -0.492 e. The lowest BCUT2D eigenvalue weighted by Crippen LogP contribution is -2.47. The van der Waals surface area contributed by atoms with Gasteiger partial charge in [0.15, 0.2) is 5.96 Å². The van der Waals surface area contributed by atoms with Crippen LogP contribution in [0.25, 0.3) is 0 Å². The summed E-state index contributed by atoms with van der Waals surface area (Å²) >= 11 is 0. The van der Waals surface area contributed by atoms with Crippen LogP contribution in [-0.2, 0) is 9.53 Å². The number of hydrogen-bond donors (Lipinski definition) is 1. The fraction of sp³-hybridized carbons (Fsp3) is 0.556. The van der Waals surface area contributed by atoms with Gasteiger partial charge in [0.05, 0.1) is 19.6 Å². The van der Waals surface area contributed by atoms with E-state index in [9.17, 15) is 4.79 Å². The van der Waals surface area contributed by atoms with E-state index >= 15 is 0 Å². The summed E-state index contributed by atoms with van der Waals surface area (Å²) in [6.45, 7) is 4.91. The maximum absolute atomic E-state index is 11.6. The van der Waals surface area contributed by atoms with Gasteiger partial charge in [-0.05, 0) is 31.9 Å². The van der Waals surface area contributed by atoms with Gasteiger partial charge in [-0.25, -0.2) is 0 Å². The summed E-state index contributed by atoms with van der Waals surface area (Å²) in [6, 6.07) is 8.02. The number of hydrogen-bond acceptors (Lipinski definition) is 4. The Morgan fingerprint density at radius 2 is 1.92 bits per heavy atom. The molecule has 0 spiro atoms. The van der Waals surface area contributed by atoms with E-state index in [4.69, 9.17) is 9.47 Å². The number of ether oxygens (including phenoxy) is 2. The number of benzene rings is 1. The molecule has 7 heteroatoms. The molecule has 25 heavy (non-hydrogen) atoms. The normalized spacial score (nSPS) is 15.3. The Kier molecular flexibility index (Phi) is 9.62. The quantitative estimate of drug-likeness (QED) is 0.240. The molecule has 1 saturated heterocycles. The summed E-state index contributed by atoms with van der Waals surface area (Å²) in [4.78, 5) is 18.1. The van der Waals surface area contributed by atoms with E-state index in [0.29, 0.717) is 13.2 Å². The highest BCUT2D eigenvalue weighted by atomic mass is 127. The third-order valence-electron chi connectivity index (χ3n) is 4.22. The summed E-state index contributed by atoms with van der Waals surface area (Å²) in [7, 11) is 3.22. The number of guanidine groups is 1. The van der Waals surface area contributed by atoms with E-state index in [0.717, 1.165) is 37.6 Å². The van der Waals surface area contributed by atoms with Crippen LogP contribution in [0, 0.1) is 12.8 Å². The van der Waals surface area contributed by atoms with E-state index in [1.165, 1.54) is 12.7 Å². The highest BCUT2D eigenvalue weighted by Gasteiger charge is 2.26. The fourth-order valence-electron chi connectivity index (χ4n) is 2.79. The Morgan fingerprint density at radius 3 is 2.48 bits per heavy atom. The van der Waals surface area contributed by atoms with Crippen molar-refractivity contribution in [1.29, 1.82) is 0 Å². The summed E-state index contributed by atoms with van der Waals surface area (Å²) in [6.07, 6.45) is 1.60.